The third kappa shape index (κ3) is 2.99. The lowest BCUT2D eigenvalue weighted by atomic mass is 9.88. The van der Waals surface area contributed by atoms with Crippen LogP contribution in [0.1, 0.15) is 47.0 Å². The van der Waals surface area contributed by atoms with Gasteiger partial charge in [-0.15, -0.1) is 11.3 Å². The number of fused-ring (bicyclic) bond motifs is 1. The molecule has 1 aliphatic carbocycles. The van der Waals surface area contributed by atoms with E-state index in [0.29, 0.717) is 11.5 Å². The monoisotopic (exact) mass is 338 g/mol. The third-order valence-corrected chi connectivity index (χ3v) is 6.04. The Hall–Kier alpha value is -1.14. The smallest absolute Gasteiger partial charge is 0.341 e. The number of rotatable bonds is 2. The number of carbonyl (C=O) groups is 1. The molecule has 3 rings (SSSR count). The van der Waals surface area contributed by atoms with Crippen molar-refractivity contribution in [2.45, 2.75) is 39.0 Å². The number of carbonyl (C=O) groups excluding carboxylic acids is 1. The number of nitrogens with one attached hydrogen (secondary N) is 1. The minimum Gasteiger partial charge on any atom is -0.465 e. The van der Waals surface area contributed by atoms with E-state index in [-0.39, 0.29) is 5.97 Å². The predicted molar refractivity (Wildman–Crippen MR) is 93.9 cm³/mol. The molecule has 0 saturated carbocycles. The topological polar surface area (TPSA) is 41.6 Å². The molecule has 120 valence electrons. The Kier molecular flexibility index (Phi) is 4.68. The second-order valence-corrected chi connectivity index (χ2v) is 7.66. The van der Waals surface area contributed by atoms with Crippen molar-refractivity contribution >= 4 is 39.6 Å². The van der Waals surface area contributed by atoms with Crippen LogP contribution in [0.5, 0.6) is 0 Å². The second-order valence-electron chi connectivity index (χ2n) is 6.17. The first-order valence-electron chi connectivity index (χ1n) is 7.89. The van der Waals surface area contributed by atoms with Gasteiger partial charge in [0.2, 0.25) is 0 Å². The Morgan fingerprint density at radius 2 is 2.14 bits per heavy atom. The largest absolute Gasteiger partial charge is 0.465 e. The van der Waals surface area contributed by atoms with Crippen LogP contribution in [0.3, 0.4) is 0 Å². The zero-order chi connectivity index (χ0) is 15.7. The van der Waals surface area contributed by atoms with Gasteiger partial charge in [0.25, 0.3) is 0 Å². The van der Waals surface area contributed by atoms with Crippen LogP contribution in [0.15, 0.2) is 0 Å². The highest BCUT2D eigenvalue weighted by Gasteiger charge is 2.29. The van der Waals surface area contributed by atoms with Crippen molar-refractivity contribution in [3.8, 4) is 0 Å². The SMILES string of the molecule is COC(=O)c1c(NC(=S)N2CCCC2)sc2c1CC[C@H](C)C2. The highest BCUT2D eigenvalue weighted by atomic mass is 32.1. The molecule has 1 aromatic heterocycles. The molecule has 1 saturated heterocycles. The number of anilines is 1. The maximum absolute atomic E-state index is 12.2. The number of thiophene rings is 1. The van der Waals surface area contributed by atoms with Gasteiger partial charge in [-0.05, 0) is 55.8 Å². The number of thiocarbonyl (C=S) groups is 1. The van der Waals surface area contributed by atoms with E-state index in [4.69, 9.17) is 17.0 Å². The van der Waals surface area contributed by atoms with E-state index in [0.717, 1.165) is 42.5 Å². The molecule has 6 heteroatoms. The minimum absolute atomic E-state index is 0.251. The molecular weight excluding hydrogens is 316 g/mol. The molecule has 1 fully saturated rings. The molecule has 1 aliphatic heterocycles. The van der Waals surface area contributed by atoms with Crippen LogP contribution in [0.25, 0.3) is 0 Å². The summed E-state index contributed by atoms with van der Waals surface area (Å²) in [5.74, 6) is 0.425. The number of ether oxygens (including phenoxy) is 1. The molecule has 2 heterocycles. The molecule has 0 spiro atoms. The molecular formula is C16H22N2O2S2. The number of methoxy groups -OCH3 is 1. The highest BCUT2D eigenvalue weighted by Crippen LogP contribution is 2.40. The zero-order valence-corrected chi connectivity index (χ0v) is 14.7. The fraction of sp³-hybridized carbons (Fsp3) is 0.625. The summed E-state index contributed by atoms with van der Waals surface area (Å²) in [6, 6.07) is 0. The lowest BCUT2D eigenvalue weighted by molar-refractivity contribution is 0.0601. The maximum Gasteiger partial charge on any atom is 0.341 e. The number of hydrogen-bond acceptors (Lipinski definition) is 4. The molecule has 0 aromatic carbocycles. The lowest BCUT2D eigenvalue weighted by Gasteiger charge is -2.19. The molecule has 22 heavy (non-hydrogen) atoms. The first-order chi connectivity index (χ1) is 10.6. The number of likely N-dealkylation sites (tertiary alicyclic amines) is 1. The average molecular weight is 338 g/mol. The average Bonchev–Trinajstić information content (AvgIpc) is 3.13. The Labute approximate surface area is 140 Å². The molecule has 1 atom stereocenters. The summed E-state index contributed by atoms with van der Waals surface area (Å²) in [6.45, 7) is 4.27. The standard InChI is InChI=1S/C16H22N2O2S2/c1-10-5-6-11-12(9-10)22-14(13(11)15(19)20-2)17-16(21)18-7-3-4-8-18/h10H,3-9H2,1-2H3,(H,17,21)/t10-/m0/s1. The van der Waals surface area contributed by atoms with Crippen LogP contribution in [0.4, 0.5) is 5.00 Å². The van der Waals surface area contributed by atoms with Gasteiger partial charge in [-0.25, -0.2) is 4.79 Å². The lowest BCUT2D eigenvalue weighted by Crippen LogP contribution is -2.32. The summed E-state index contributed by atoms with van der Waals surface area (Å²) in [4.78, 5) is 15.7. The van der Waals surface area contributed by atoms with Crippen molar-refractivity contribution in [2.75, 3.05) is 25.5 Å². The summed E-state index contributed by atoms with van der Waals surface area (Å²) in [5.41, 5.74) is 1.87. The minimum atomic E-state index is -0.251. The van der Waals surface area contributed by atoms with E-state index in [1.165, 1.54) is 30.4 Å². The van der Waals surface area contributed by atoms with Crippen LogP contribution in [0.2, 0.25) is 0 Å². The molecule has 1 aromatic rings. The quantitative estimate of drug-likeness (QED) is 0.661. The van der Waals surface area contributed by atoms with Crippen LogP contribution in [-0.4, -0.2) is 36.2 Å². The Morgan fingerprint density at radius 3 is 2.82 bits per heavy atom. The van der Waals surface area contributed by atoms with Crippen molar-refractivity contribution in [2.24, 2.45) is 5.92 Å². The first kappa shape index (κ1) is 15.7. The van der Waals surface area contributed by atoms with E-state index in [1.807, 2.05) is 0 Å². The van der Waals surface area contributed by atoms with Gasteiger partial charge in [-0.3, -0.25) is 0 Å². The number of hydrogen-bond donors (Lipinski definition) is 1. The molecule has 1 N–H and O–H groups in total. The summed E-state index contributed by atoms with van der Waals surface area (Å²) in [5, 5.41) is 4.91. The molecule has 0 bridgehead atoms. The Morgan fingerprint density at radius 1 is 1.41 bits per heavy atom. The van der Waals surface area contributed by atoms with Gasteiger partial charge in [0, 0.05) is 18.0 Å². The third-order valence-electron chi connectivity index (χ3n) is 4.51. The van der Waals surface area contributed by atoms with E-state index in [1.54, 1.807) is 11.3 Å². The Bertz CT molecular complexity index is 591. The van der Waals surface area contributed by atoms with Crippen molar-refractivity contribution in [1.29, 1.82) is 0 Å². The molecule has 0 amide bonds. The number of esters is 1. The summed E-state index contributed by atoms with van der Waals surface area (Å²) < 4.78 is 5.01. The van der Waals surface area contributed by atoms with Crippen molar-refractivity contribution in [3.63, 3.8) is 0 Å². The summed E-state index contributed by atoms with van der Waals surface area (Å²) >= 11 is 7.18. The molecule has 4 nitrogen and oxygen atoms in total. The van der Waals surface area contributed by atoms with Crippen LogP contribution >= 0.6 is 23.6 Å². The Balaban J connectivity index is 1.89. The van der Waals surface area contributed by atoms with Gasteiger partial charge >= 0.3 is 5.97 Å². The van der Waals surface area contributed by atoms with Gasteiger partial charge in [0.05, 0.1) is 12.7 Å². The van der Waals surface area contributed by atoms with Gasteiger partial charge < -0.3 is 15.0 Å². The predicted octanol–water partition coefficient (Wildman–Crippen LogP) is 3.45. The normalized spacial score (nSPS) is 20.6. The molecule has 0 radical (unpaired) electrons. The zero-order valence-electron chi connectivity index (χ0n) is 13.1. The summed E-state index contributed by atoms with van der Waals surface area (Å²) in [6.07, 6.45) is 5.50. The maximum atomic E-state index is 12.2. The fourth-order valence-electron chi connectivity index (χ4n) is 3.25. The van der Waals surface area contributed by atoms with Crippen LogP contribution in [0, 0.1) is 5.92 Å². The van der Waals surface area contributed by atoms with Crippen molar-refractivity contribution < 1.29 is 9.53 Å². The van der Waals surface area contributed by atoms with E-state index in [9.17, 15) is 4.79 Å². The van der Waals surface area contributed by atoms with Crippen LogP contribution in [-0.2, 0) is 17.6 Å². The molecule has 0 unspecified atom stereocenters. The van der Waals surface area contributed by atoms with E-state index >= 15 is 0 Å². The fourth-order valence-corrected chi connectivity index (χ4v) is 5.00. The first-order valence-corrected chi connectivity index (χ1v) is 9.11. The van der Waals surface area contributed by atoms with Gasteiger partial charge in [0.15, 0.2) is 5.11 Å². The van der Waals surface area contributed by atoms with Gasteiger partial charge in [0.1, 0.15) is 5.00 Å². The van der Waals surface area contributed by atoms with Gasteiger partial charge in [-0.2, -0.15) is 0 Å². The van der Waals surface area contributed by atoms with E-state index < -0.39 is 0 Å². The van der Waals surface area contributed by atoms with Gasteiger partial charge in [-0.1, -0.05) is 6.92 Å². The summed E-state index contributed by atoms with van der Waals surface area (Å²) in [7, 11) is 1.44. The van der Waals surface area contributed by atoms with E-state index in [2.05, 4.69) is 17.1 Å². The highest BCUT2D eigenvalue weighted by molar-refractivity contribution is 7.80. The number of nitrogens with zero attached hydrogens (tertiary/aromatic N) is 1. The second kappa shape index (κ2) is 6.54. The van der Waals surface area contributed by atoms with Crippen molar-refractivity contribution in [1.82, 2.24) is 4.90 Å². The van der Waals surface area contributed by atoms with Crippen molar-refractivity contribution in [3.05, 3.63) is 16.0 Å². The van der Waals surface area contributed by atoms with Crippen LogP contribution < -0.4 is 5.32 Å². The molecule has 2 aliphatic rings.